The Kier molecular flexibility index (Phi) is 7.06. The highest BCUT2D eigenvalue weighted by Gasteiger charge is 2.26. The van der Waals surface area contributed by atoms with Gasteiger partial charge in [-0.1, -0.05) is 30.3 Å². The van der Waals surface area contributed by atoms with Gasteiger partial charge >= 0.3 is 0 Å². The number of H-pyrrole nitrogens is 1. The average molecular weight is 372 g/mol. The van der Waals surface area contributed by atoms with Gasteiger partial charge < -0.3 is 16.4 Å². The number of halogens is 2. The highest BCUT2D eigenvalue weighted by Crippen LogP contribution is 2.20. The number of aromatic amines is 1. The first-order valence-electron chi connectivity index (χ1n) is 7.10. The highest BCUT2D eigenvalue weighted by atomic mass is 35.5. The van der Waals surface area contributed by atoms with Crippen LogP contribution in [0, 0.1) is 0 Å². The largest absolute Gasteiger partial charge is 0.369 e. The molecule has 9 heteroatoms. The number of nitrogens with one attached hydrogen (secondary N) is 3. The Morgan fingerprint density at radius 1 is 1.25 bits per heavy atom. The van der Waals surface area contributed by atoms with E-state index < -0.39 is 6.04 Å². The van der Waals surface area contributed by atoms with Gasteiger partial charge in [-0.15, -0.1) is 24.8 Å². The molecule has 1 aliphatic rings. The van der Waals surface area contributed by atoms with Gasteiger partial charge in [0.1, 0.15) is 11.7 Å². The van der Waals surface area contributed by atoms with Crippen molar-refractivity contribution < 1.29 is 4.79 Å². The summed E-state index contributed by atoms with van der Waals surface area (Å²) in [6.45, 7) is 0.385. The number of hydrogen-bond donors (Lipinski definition) is 4. The summed E-state index contributed by atoms with van der Waals surface area (Å²) in [4.78, 5) is 30.6. The Morgan fingerprint density at radius 3 is 2.67 bits per heavy atom. The Bertz CT molecular complexity index is 751. The molecule has 0 fully saturated rings. The van der Waals surface area contributed by atoms with Crippen LogP contribution in [0.3, 0.4) is 0 Å². The van der Waals surface area contributed by atoms with Crippen molar-refractivity contribution in [2.24, 2.45) is 0 Å². The fourth-order valence-corrected chi connectivity index (χ4v) is 2.46. The van der Waals surface area contributed by atoms with Crippen LogP contribution in [0.2, 0.25) is 0 Å². The smallest absolute Gasteiger partial charge is 0.277 e. The van der Waals surface area contributed by atoms with Crippen molar-refractivity contribution in [1.82, 2.24) is 9.97 Å². The molecule has 1 aliphatic heterocycles. The summed E-state index contributed by atoms with van der Waals surface area (Å²) in [5.74, 6) is 0.485. The minimum absolute atomic E-state index is 0. The van der Waals surface area contributed by atoms with Crippen molar-refractivity contribution in [3.63, 3.8) is 0 Å². The number of carbonyl (C=O) groups is 1. The summed E-state index contributed by atoms with van der Waals surface area (Å²) in [5.41, 5.74) is 6.49. The molecule has 0 saturated heterocycles. The van der Waals surface area contributed by atoms with Crippen molar-refractivity contribution in [3.8, 4) is 0 Å². The molecule has 0 spiro atoms. The van der Waals surface area contributed by atoms with E-state index in [1.54, 1.807) is 0 Å². The first kappa shape index (κ1) is 19.8. The molecule has 2 aromatic rings. The molecule has 1 unspecified atom stereocenters. The number of hydrogen-bond acceptors (Lipinski definition) is 6. The van der Waals surface area contributed by atoms with Gasteiger partial charge in [-0.05, 0) is 12.0 Å². The average Bonchev–Trinajstić information content (AvgIpc) is 2.53. The topological polar surface area (TPSA) is 113 Å². The molecule has 1 aromatic heterocycles. The maximum atomic E-state index is 12.3. The molecule has 1 aromatic carbocycles. The fraction of sp³-hybridized carbons (Fsp3) is 0.267. The molecule has 130 valence electrons. The van der Waals surface area contributed by atoms with Crippen LogP contribution in [0.15, 0.2) is 35.1 Å². The summed E-state index contributed by atoms with van der Waals surface area (Å²) >= 11 is 0. The molecular weight excluding hydrogens is 353 g/mol. The second-order valence-electron chi connectivity index (χ2n) is 5.20. The molecule has 7 nitrogen and oxygen atoms in total. The second kappa shape index (κ2) is 8.56. The number of carbonyl (C=O) groups excluding carboxylic acids is 1. The predicted molar refractivity (Wildman–Crippen MR) is 99.4 cm³/mol. The number of nitrogen functional groups attached to an aromatic ring is 1. The molecule has 0 aliphatic carbocycles. The van der Waals surface area contributed by atoms with E-state index in [0.29, 0.717) is 25.2 Å². The van der Waals surface area contributed by atoms with Crippen molar-refractivity contribution in [2.75, 3.05) is 22.9 Å². The molecule has 24 heavy (non-hydrogen) atoms. The first-order valence-corrected chi connectivity index (χ1v) is 7.10. The molecule has 5 N–H and O–H groups in total. The third-order valence-corrected chi connectivity index (χ3v) is 3.62. The summed E-state index contributed by atoms with van der Waals surface area (Å²) < 4.78 is 0. The minimum Gasteiger partial charge on any atom is -0.369 e. The van der Waals surface area contributed by atoms with Gasteiger partial charge in [0.15, 0.2) is 11.6 Å². The Hall–Kier alpha value is -2.25. The van der Waals surface area contributed by atoms with Gasteiger partial charge in [0.25, 0.3) is 5.56 Å². The zero-order valence-electron chi connectivity index (χ0n) is 12.7. The van der Waals surface area contributed by atoms with Crippen LogP contribution >= 0.6 is 24.8 Å². The zero-order valence-corrected chi connectivity index (χ0v) is 14.4. The van der Waals surface area contributed by atoms with Gasteiger partial charge in [0, 0.05) is 13.0 Å². The number of ketones is 1. The minimum atomic E-state index is -0.442. The summed E-state index contributed by atoms with van der Waals surface area (Å²) in [6.07, 6.45) is 1.10. The van der Waals surface area contributed by atoms with E-state index in [2.05, 4.69) is 20.6 Å². The number of aromatic nitrogens is 2. The maximum Gasteiger partial charge on any atom is 0.277 e. The van der Waals surface area contributed by atoms with Crippen molar-refractivity contribution in [1.29, 1.82) is 0 Å². The van der Waals surface area contributed by atoms with Crippen LogP contribution in [0.5, 0.6) is 0 Å². The first-order chi connectivity index (χ1) is 10.6. The van der Waals surface area contributed by atoms with Crippen molar-refractivity contribution in [2.45, 2.75) is 18.9 Å². The van der Waals surface area contributed by atoms with E-state index >= 15 is 0 Å². The fourth-order valence-electron chi connectivity index (χ4n) is 2.46. The van der Waals surface area contributed by atoms with E-state index in [9.17, 15) is 9.59 Å². The number of aryl methyl sites for hydroxylation is 1. The Morgan fingerprint density at radius 2 is 1.96 bits per heavy atom. The number of nitrogens with zero attached hydrogens (tertiary/aromatic N) is 1. The van der Waals surface area contributed by atoms with Crippen molar-refractivity contribution in [3.05, 3.63) is 46.2 Å². The van der Waals surface area contributed by atoms with Gasteiger partial charge in [-0.3, -0.25) is 14.6 Å². The quantitative estimate of drug-likeness (QED) is 0.649. The molecule has 2 heterocycles. The lowest BCUT2D eigenvalue weighted by molar-refractivity contribution is -0.119. The number of Topliss-reactive ketones (excluding diaryl/α,β-unsaturated/α-hetero) is 1. The molecule has 0 bridgehead atoms. The van der Waals surface area contributed by atoms with Gasteiger partial charge in [0.05, 0.1) is 0 Å². The summed E-state index contributed by atoms with van der Waals surface area (Å²) in [5, 5.41) is 5.93. The SMILES string of the molecule is Cl.Cl.Nc1nc2c(c(=O)[nH]1)NC(C(=O)CCc1ccccc1)CN2. The standard InChI is InChI=1S/C15H17N5O2.2ClH/c16-15-19-13-12(14(22)20-15)18-10(8-17-13)11(21)7-6-9-4-2-1-3-5-9;;/h1-5,10,18H,6-8H2,(H4,16,17,19,20,22);2*1H. The van der Waals surface area contributed by atoms with E-state index in [0.717, 1.165) is 5.56 Å². The van der Waals surface area contributed by atoms with E-state index in [1.165, 1.54) is 0 Å². The van der Waals surface area contributed by atoms with Crippen LogP contribution in [-0.4, -0.2) is 28.3 Å². The third-order valence-electron chi connectivity index (χ3n) is 3.62. The normalized spacial score (nSPS) is 14.9. The number of fused-ring (bicyclic) bond motifs is 1. The summed E-state index contributed by atoms with van der Waals surface area (Å²) in [7, 11) is 0. The van der Waals surface area contributed by atoms with Gasteiger partial charge in [0.2, 0.25) is 5.95 Å². The highest BCUT2D eigenvalue weighted by molar-refractivity contribution is 5.89. The van der Waals surface area contributed by atoms with E-state index in [1.807, 2.05) is 30.3 Å². The number of anilines is 3. The van der Waals surface area contributed by atoms with Crippen LogP contribution in [-0.2, 0) is 11.2 Å². The molecule has 3 rings (SSSR count). The van der Waals surface area contributed by atoms with Crippen LogP contribution in [0.1, 0.15) is 12.0 Å². The number of nitrogens with two attached hydrogens (primary N) is 1. The van der Waals surface area contributed by atoms with Gasteiger partial charge in [-0.25, -0.2) is 0 Å². The zero-order chi connectivity index (χ0) is 15.5. The molecule has 0 saturated carbocycles. The summed E-state index contributed by atoms with van der Waals surface area (Å²) in [6, 6.07) is 9.39. The Balaban J connectivity index is 0.00000144. The van der Waals surface area contributed by atoms with Crippen LogP contribution in [0.25, 0.3) is 0 Å². The second-order valence-corrected chi connectivity index (χ2v) is 5.20. The van der Waals surface area contributed by atoms with Crippen LogP contribution < -0.4 is 21.9 Å². The maximum absolute atomic E-state index is 12.3. The van der Waals surface area contributed by atoms with Crippen molar-refractivity contribution >= 4 is 48.1 Å². The number of rotatable bonds is 4. The van der Waals surface area contributed by atoms with Crippen LogP contribution in [0.4, 0.5) is 17.5 Å². The molecule has 1 atom stereocenters. The van der Waals surface area contributed by atoms with E-state index in [-0.39, 0.29) is 47.8 Å². The Labute approximate surface area is 151 Å². The lowest BCUT2D eigenvalue weighted by Gasteiger charge is -2.25. The predicted octanol–water partition coefficient (Wildman–Crippen LogP) is 1.60. The monoisotopic (exact) mass is 371 g/mol. The van der Waals surface area contributed by atoms with Gasteiger partial charge in [-0.2, -0.15) is 4.98 Å². The lowest BCUT2D eigenvalue weighted by atomic mass is 10.0. The molecule has 0 radical (unpaired) electrons. The number of benzene rings is 1. The lowest BCUT2D eigenvalue weighted by Crippen LogP contribution is -2.42. The third kappa shape index (κ3) is 4.39. The molecule has 0 amide bonds. The van der Waals surface area contributed by atoms with E-state index in [4.69, 9.17) is 5.73 Å². The molecular formula is C15H19Cl2N5O2.